The number of hydrogen-bond acceptors (Lipinski definition) is 3. The van der Waals surface area contributed by atoms with E-state index in [1.807, 2.05) is 0 Å². The summed E-state index contributed by atoms with van der Waals surface area (Å²) in [6.07, 6.45) is -6.87. The third kappa shape index (κ3) is 4.82. The van der Waals surface area contributed by atoms with Crippen LogP contribution < -0.4 is 10.1 Å². The Bertz CT molecular complexity index is 533. The molecule has 0 spiro atoms. The molecule has 1 aliphatic rings. The molecule has 1 heterocycles. The number of benzene rings is 1. The van der Waals surface area contributed by atoms with Crippen molar-refractivity contribution in [2.24, 2.45) is 5.92 Å². The molecule has 1 aliphatic heterocycles. The average Bonchev–Trinajstić information content (AvgIpc) is 2.53. The van der Waals surface area contributed by atoms with Crippen LogP contribution in [0, 0.1) is 5.92 Å². The van der Waals surface area contributed by atoms with E-state index in [4.69, 9.17) is 4.74 Å². The molecule has 1 amide bonds. The molecular formula is C15H17F4NO3. The maximum absolute atomic E-state index is 13.0. The van der Waals surface area contributed by atoms with Crippen LogP contribution in [-0.2, 0) is 4.74 Å². The van der Waals surface area contributed by atoms with Gasteiger partial charge in [0.1, 0.15) is 5.75 Å². The lowest BCUT2D eigenvalue weighted by Gasteiger charge is -2.23. The van der Waals surface area contributed by atoms with E-state index in [0.29, 0.717) is 19.8 Å². The van der Waals surface area contributed by atoms with E-state index in [-0.39, 0.29) is 11.5 Å². The smallest absolute Gasteiger partial charge is 0.427 e. The van der Waals surface area contributed by atoms with Crippen LogP contribution in [0.25, 0.3) is 0 Å². The van der Waals surface area contributed by atoms with Gasteiger partial charge in [-0.3, -0.25) is 4.79 Å². The number of nitrogens with one attached hydrogen (secondary N) is 1. The molecule has 128 valence electrons. The molecule has 1 saturated heterocycles. The minimum Gasteiger partial charge on any atom is -0.427 e. The highest BCUT2D eigenvalue weighted by Gasteiger charge is 2.44. The van der Waals surface area contributed by atoms with Gasteiger partial charge in [-0.25, -0.2) is 0 Å². The van der Waals surface area contributed by atoms with Crippen molar-refractivity contribution in [3.63, 3.8) is 0 Å². The molecule has 0 bridgehead atoms. The summed E-state index contributed by atoms with van der Waals surface area (Å²) in [4.78, 5) is 12.1. The number of hydrogen-bond donors (Lipinski definition) is 1. The molecule has 0 radical (unpaired) electrons. The van der Waals surface area contributed by atoms with E-state index in [0.717, 1.165) is 18.9 Å². The highest BCUT2D eigenvalue weighted by atomic mass is 19.3. The molecule has 0 aromatic heterocycles. The Balaban J connectivity index is 2.02. The van der Waals surface area contributed by atoms with Crippen LogP contribution in [0.5, 0.6) is 5.75 Å². The lowest BCUT2D eigenvalue weighted by atomic mass is 10.0. The summed E-state index contributed by atoms with van der Waals surface area (Å²) < 4.78 is 59.8. The molecule has 0 unspecified atom stereocenters. The van der Waals surface area contributed by atoms with Gasteiger partial charge < -0.3 is 14.8 Å². The van der Waals surface area contributed by atoms with Gasteiger partial charge in [0.2, 0.25) is 0 Å². The number of halogens is 4. The zero-order valence-electron chi connectivity index (χ0n) is 12.2. The molecule has 1 atom stereocenters. The van der Waals surface area contributed by atoms with E-state index in [1.165, 1.54) is 18.2 Å². The van der Waals surface area contributed by atoms with Gasteiger partial charge in [0.05, 0.1) is 12.2 Å². The van der Waals surface area contributed by atoms with Crippen LogP contribution in [0.1, 0.15) is 23.2 Å². The Hall–Kier alpha value is -1.83. The normalized spacial score (nSPS) is 18.7. The standard InChI is InChI=1S/C15H17F4NO3/c16-14(17)15(18,19)23-12-6-2-1-5-11(12)13(21)20-8-10-4-3-7-22-9-10/h1-2,5-6,10,14H,3-4,7-9H2,(H,20,21)/t10-/m0/s1. The van der Waals surface area contributed by atoms with Gasteiger partial charge in [0.15, 0.2) is 0 Å². The zero-order chi connectivity index (χ0) is 16.9. The largest absolute Gasteiger partial charge is 0.461 e. The lowest BCUT2D eigenvalue weighted by Crippen LogP contribution is -2.36. The van der Waals surface area contributed by atoms with Crippen LogP contribution in [0.2, 0.25) is 0 Å². The summed E-state index contributed by atoms with van der Waals surface area (Å²) in [7, 11) is 0. The van der Waals surface area contributed by atoms with E-state index >= 15 is 0 Å². The Labute approximate surface area is 130 Å². The first-order valence-electron chi connectivity index (χ1n) is 7.20. The Morgan fingerprint density at radius 2 is 2.13 bits per heavy atom. The fourth-order valence-corrected chi connectivity index (χ4v) is 2.24. The molecule has 1 N–H and O–H groups in total. The molecular weight excluding hydrogens is 318 g/mol. The molecule has 1 aromatic carbocycles. The fourth-order valence-electron chi connectivity index (χ4n) is 2.24. The summed E-state index contributed by atoms with van der Waals surface area (Å²) >= 11 is 0. The topological polar surface area (TPSA) is 47.6 Å². The number of amides is 1. The van der Waals surface area contributed by atoms with Crippen molar-refractivity contribution < 1.29 is 31.8 Å². The predicted octanol–water partition coefficient (Wildman–Crippen LogP) is 3.08. The third-order valence-electron chi connectivity index (χ3n) is 3.44. The van der Waals surface area contributed by atoms with Crippen LogP contribution in [0.15, 0.2) is 24.3 Å². The van der Waals surface area contributed by atoms with Gasteiger partial charge in [0, 0.05) is 13.2 Å². The summed E-state index contributed by atoms with van der Waals surface area (Å²) in [6, 6.07) is 5.05. The van der Waals surface area contributed by atoms with Gasteiger partial charge >= 0.3 is 12.5 Å². The van der Waals surface area contributed by atoms with Gasteiger partial charge in [-0.2, -0.15) is 17.6 Å². The second kappa shape index (κ2) is 7.63. The van der Waals surface area contributed by atoms with Crippen LogP contribution in [0.3, 0.4) is 0 Å². The van der Waals surface area contributed by atoms with Gasteiger partial charge in [-0.1, -0.05) is 12.1 Å². The summed E-state index contributed by atoms with van der Waals surface area (Å²) in [5.74, 6) is -1.10. The first-order chi connectivity index (χ1) is 10.9. The van der Waals surface area contributed by atoms with Crippen molar-refractivity contribution in [2.45, 2.75) is 25.4 Å². The monoisotopic (exact) mass is 335 g/mol. The summed E-state index contributed by atoms with van der Waals surface area (Å²) in [5, 5.41) is 2.59. The van der Waals surface area contributed by atoms with Crippen molar-refractivity contribution >= 4 is 5.91 Å². The number of para-hydroxylation sites is 1. The van der Waals surface area contributed by atoms with Crippen molar-refractivity contribution in [1.29, 1.82) is 0 Å². The van der Waals surface area contributed by atoms with Gasteiger partial charge in [-0.05, 0) is 30.9 Å². The molecule has 8 heteroatoms. The van der Waals surface area contributed by atoms with Crippen molar-refractivity contribution in [1.82, 2.24) is 5.32 Å². The second-order valence-electron chi connectivity index (χ2n) is 5.25. The first kappa shape index (κ1) is 17.5. The molecule has 0 saturated carbocycles. The third-order valence-corrected chi connectivity index (χ3v) is 3.44. The van der Waals surface area contributed by atoms with E-state index in [1.54, 1.807) is 0 Å². The molecule has 1 aromatic rings. The van der Waals surface area contributed by atoms with Crippen molar-refractivity contribution in [2.75, 3.05) is 19.8 Å². The average molecular weight is 335 g/mol. The number of rotatable bonds is 6. The predicted molar refractivity (Wildman–Crippen MR) is 73.9 cm³/mol. The first-order valence-corrected chi connectivity index (χ1v) is 7.20. The number of carbonyl (C=O) groups excluding carboxylic acids is 1. The van der Waals surface area contributed by atoms with Gasteiger partial charge in [0.25, 0.3) is 5.91 Å². The van der Waals surface area contributed by atoms with E-state index in [9.17, 15) is 22.4 Å². The minimum absolute atomic E-state index is 0.142. The highest BCUT2D eigenvalue weighted by molar-refractivity contribution is 5.96. The zero-order valence-corrected chi connectivity index (χ0v) is 12.2. The summed E-state index contributed by atoms with van der Waals surface area (Å²) in [5.41, 5.74) is -0.218. The van der Waals surface area contributed by atoms with Crippen LogP contribution in [-0.4, -0.2) is 38.2 Å². The molecule has 2 rings (SSSR count). The van der Waals surface area contributed by atoms with Crippen molar-refractivity contribution in [3.8, 4) is 5.75 Å². The Morgan fingerprint density at radius 1 is 1.39 bits per heavy atom. The van der Waals surface area contributed by atoms with Gasteiger partial charge in [-0.15, -0.1) is 0 Å². The second-order valence-corrected chi connectivity index (χ2v) is 5.25. The van der Waals surface area contributed by atoms with E-state index in [2.05, 4.69) is 10.1 Å². The maximum atomic E-state index is 13.0. The number of ether oxygens (including phenoxy) is 2. The molecule has 4 nitrogen and oxygen atoms in total. The maximum Gasteiger partial charge on any atom is 0.461 e. The lowest BCUT2D eigenvalue weighted by molar-refractivity contribution is -0.253. The van der Waals surface area contributed by atoms with Crippen molar-refractivity contribution in [3.05, 3.63) is 29.8 Å². The highest BCUT2D eigenvalue weighted by Crippen LogP contribution is 2.29. The quantitative estimate of drug-likeness (QED) is 0.813. The SMILES string of the molecule is O=C(NC[C@@H]1CCCOC1)c1ccccc1OC(F)(F)C(F)F. The molecule has 23 heavy (non-hydrogen) atoms. The van der Waals surface area contributed by atoms with E-state index < -0.39 is 24.2 Å². The van der Waals surface area contributed by atoms with Crippen LogP contribution >= 0.6 is 0 Å². The molecule has 0 aliphatic carbocycles. The van der Waals surface area contributed by atoms with Crippen LogP contribution in [0.4, 0.5) is 17.6 Å². The Kier molecular flexibility index (Phi) is 5.81. The molecule has 1 fully saturated rings. The fraction of sp³-hybridized carbons (Fsp3) is 0.533. The summed E-state index contributed by atoms with van der Waals surface area (Å²) in [6.45, 7) is 1.52. The minimum atomic E-state index is -4.66. The number of carbonyl (C=O) groups is 1. The number of alkyl halides is 4. The Morgan fingerprint density at radius 3 is 2.78 bits per heavy atom.